The Bertz CT molecular complexity index is 401. The van der Waals surface area contributed by atoms with E-state index in [2.05, 4.69) is 22.5 Å². The molecule has 1 saturated carbocycles. The minimum atomic E-state index is -0.0819. The molecule has 4 nitrogen and oxygen atoms in total. The lowest BCUT2D eigenvalue weighted by Crippen LogP contribution is -2.40. The Morgan fingerprint density at radius 1 is 1.53 bits per heavy atom. The fraction of sp³-hybridized carbons (Fsp3) is 0.538. The van der Waals surface area contributed by atoms with Gasteiger partial charge in [0.25, 0.3) is 5.91 Å². The topological polar surface area (TPSA) is 54.0 Å². The minimum Gasteiger partial charge on any atom is -0.388 e. The molecule has 0 aromatic carbocycles. The van der Waals surface area contributed by atoms with E-state index in [0.717, 1.165) is 5.69 Å². The first-order valence-corrected chi connectivity index (χ1v) is 6.15. The zero-order valence-corrected chi connectivity index (χ0v) is 10.4. The lowest BCUT2D eigenvalue weighted by Gasteiger charge is -2.31. The van der Waals surface area contributed by atoms with Gasteiger partial charge in [0.15, 0.2) is 0 Å². The number of hydrogen-bond acceptors (Lipinski definition) is 3. The lowest BCUT2D eigenvalue weighted by molar-refractivity contribution is 0.0904. The van der Waals surface area contributed by atoms with Crippen LogP contribution >= 0.6 is 0 Å². The van der Waals surface area contributed by atoms with Crippen LogP contribution in [0, 0.1) is 5.92 Å². The molecule has 1 heterocycles. The third-order valence-corrected chi connectivity index (χ3v) is 3.50. The second kappa shape index (κ2) is 5.17. The molecule has 0 spiro atoms. The van der Waals surface area contributed by atoms with E-state index in [1.54, 1.807) is 12.3 Å². The average molecular weight is 233 g/mol. The van der Waals surface area contributed by atoms with Crippen molar-refractivity contribution < 1.29 is 4.79 Å². The third-order valence-electron chi connectivity index (χ3n) is 3.50. The summed E-state index contributed by atoms with van der Waals surface area (Å²) in [5.41, 5.74) is 1.38. The molecule has 1 unspecified atom stereocenters. The van der Waals surface area contributed by atoms with E-state index in [1.165, 1.54) is 19.3 Å². The van der Waals surface area contributed by atoms with Crippen molar-refractivity contribution in [1.29, 1.82) is 0 Å². The Hall–Kier alpha value is -1.58. The summed E-state index contributed by atoms with van der Waals surface area (Å²) in [6.45, 7) is 2.07. The summed E-state index contributed by atoms with van der Waals surface area (Å²) >= 11 is 0. The molecule has 1 aliphatic carbocycles. The van der Waals surface area contributed by atoms with Gasteiger partial charge in [0.05, 0.1) is 0 Å². The Kier molecular flexibility index (Phi) is 3.61. The number of nitrogens with zero attached hydrogens (tertiary/aromatic N) is 1. The van der Waals surface area contributed by atoms with Gasteiger partial charge in [-0.25, -0.2) is 0 Å². The zero-order valence-electron chi connectivity index (χ0n) is 10.4. The highest BCUT2D eigenvalue weighted by Crippen LogP contribution is 2.29. The summed E-state index contributed by atoms with van der Waals surface area (Å²) in [5, 5.41) is 6.02. The van der Waals surface area contributed by atoms with E-state index < -0.39 is 0 Å². The molecule has 0 bridgehead atoms. The van der Waals surface area contributed by atoms with Crippen LogP contribution in [0.25, 0.3) is 0 Å². The molecule has 0 aliphatic heterocycles. The summed E-state index contributed by atoms with van der Waals surface area (Å²) in [6.07, 6.45) is 5.39. The first-order chi connectivity index (χ1) is 8.20. The molecule has 1 amide bonds. The predicted octanol–water partition coefficient (Wildman–Crippen LogP) is 2.04. The molecule has 1 aromatic rings. The molecule has 4 heteroatoms. The predicted molar refractivity (Wildman–Crippen MR) is 68.1 cm³/mol. The van der Waals surface area contributed by atoms with E-state index in [0.29, 0.717) is 11.6 Å². The summed E-state index contributed by atoms with van der Waals surface area (Å²) in [4.78, 5) is 16.1. The molecule has 92 valence electrons. The van der Waals surface area contributed by atoms with E-state index in [4.69, 9.17) is 0 Å². The van der Waals surface area contributed by atoms with Crippen LogP contribution in [0.1, 0.15) is 36.7 Å². The first kappa shape index (κ1) is 11.9. The second-order valence-corrected chi connectivity index (χ2v) is 4.63. The smallest absolute Gasteiger partial charge is 0.270 e. The van der Waals surface area contributed by atoms with Crippen molar-refractivity contribution in [3.05, 3.63) is 24.0 Å². The van der Waals surface area contributed by atoms with Crippen LogP contribution in [0.3, 0.4) is 0 Å². The van der Waals surface area contributed by atoms with Crippen LogP contribution in [0.4, 0.5) is 5.69 Å². The quantitative estimate of drug-likeness (QED) is 0.836. The number of carbonyl (C=O) groups is 1. The maximum absolute atomic E-state index is 12.0. The largest absolute Gasteiger partial charge is 0.388 e. The standard InChI is InChI=1S/C13H19N3O/c1-9(10-4-3-5-10)16-13(17)12-8-11(14-2)6-7-15-12/h6-10H,3-5H2,1-2H3,(H,14,15)(H,16,17). The summed E-state index contributed by atoms with van der Waals surface area (Å²) in [6, 6.07) is 3.85. The number of rotatable bonds is 4. The van der Waals surface area contributed by atoms with E-state index in [-0.39, 0.29) is 11.9 Å². The van der Waals surface area contributed by atoms with Crippen molar-refractivity contribution in [2.75, 3.05) is 12.4 Å². The van der Waals surface area contributed by atoms with Crippen LogP contribution in [0.2, 0.25) is 0 Å². The van der Waals surface area contributed by atoms with Crippen LogP contribution in [-0.4, -0.2) is 24.0 Å². The van der Waals surface area contributed by atoms with Gasteiger partial charge in [-0.15, -0.1) is 0 Å². The SMILES string of the molecule is CNc1ccnc(C(=O)NC(C)C2CCC2)c1. The van der Waals surface area contributed by atoms with Crippen molar-refractivity contribution >= 4 is 11.6 Å². The Balaban J connectivity index is 1.98. The van der Waals surface area contributed by atoms with Gasteiger partial charge in [-0.05, 0) is 37.8 Å². The number of carbonyl (C=O) groups excluding carboxylic acids is 1. The zero-order chi connectivity index (χ0) is 12.3. The van der Waals surface area contributed by atoms with Crippen LogP contribution in [-0.2, 0) is 0 Å². The van der Waals surface area contributed by atoms with Gasteiger partial charge in [0, 0.05) is 25.0 Å². The molecule has 0 radical (unpaired) electrons. The van der Waals surface area contributed by atoms with Gasteiger partial charge >= 0.3 is 0 Å². The van der Waals surface area contributed by atoms with E-state index in [1.807, 2.05) is 13.1 Å². The average Bonchev–Trinajstić information content (AvgIpc) is 2.26. The molecule has 1 fully saturated rings. The first-order valence-electron chi connectivity index (χ1n) is 6.15. The molecule has 2 N–H and O–H groups in total. The molecule has 0 saturated heterocycles. The fourth-order valence-corrected chi connectivity index (χ4v) is 2.05. The van der Waals surface area contributed by atoms with Crippen LogP contribution < -0.4 is 10.6 Å². The maximum atomic E-state index is 12.0. The third kappa shape index (κ3) is 2.75. The summed E-state index contributed by atoms with van der Waals surface area (Å²) < 4.78 is 0. The number of nitrogens with one attached hydrogen (secondary N) is 2. The highest BCUT2D eigenvalue weighted by molar-refractivity contribution is 5.93. The summed E-state index contributed by atoms with van der Waals surface area (Å²) in [5.74, 6) is 0.563. The number of aromatic nitrogens is 1. The van der Waals surface area contributed by atoms with Gasteiger partial charge < -0.3 is 10.6 Å². The van der Waals surface area contributed by atoms with Crippen LogP contribution in [0.15, 0.2) is 18.3 Å². The van der Waals surface area contributed by atoms with Crippen molar-refractivity contribution in [3.63, 3.8) is 0 Å². The van der Waals surface area contributed by atoms with Crippen molar-refractivity contribution in [2.45, 2.75) is 32.2 Å². The second-order valence-electron chi connectivity index (χ2n) is 4.63. The van der Waals surface area contributed by atoms with E-state index >= 15 is 0 Å². The van der Waals surface area contributed by atoms with Gasteiger partial charge in [0.1, 0.15) is 5.69 Å². The van der Waals surface area contributed by atoms with Gasteiger partial charge in [-0.1, -0.05) is 6.42 Å². The Labute approximate surface area is 102 Å². The number of hydrogen-bond donors (Lipinski definition) is 2. The van der Waals surface area contributed by atoms with Gasteiger partial charge in [0.2, 0.25) is 0 Å². The monoisotopic (exact) mass is 233 g/mol. The molecule has 1 aliphatic rings. The molecule has 2 rings (SSSR count). The molecular formula is C13H19N3O. The van der Waals surface area contributed by atoms with Gasteiger partial charge in [-0.3, -0.25) is 9.78 Å². The Morgan fingerprint density at radius 3 is 2.88 bits per heavy atom. The minimum absolute atomic E-state index is 0.0819. The highest BCUT2D eigenvalue weighted by Gasteiger charge is 2.25. The normalized spacial score (nSPS) is 17.1. The molecular weight excluding hydrogens is 214 g/mol. The van der Waals surface area contributed by atoms with Crippen LogP contribution in [0.5, 0.6) is 0 Å². The number of pyridine rings is 1. The molecule has 1 aromatic heterocycles. The lowest BCUT2D eigenvalue weighted by atomic mass is 9.80. The molecule has 1 atom stereocenters. The van der Waals surface area contributed by atoms with Crippen molar-refractivity contribution in [1.82, 2.24) is 10.3 Å². The molecule has 17 heavy (non-hydrogen) atoms. The van der Waals surface area contributed by atoms with Gasteiger partial charge in [-0.2, -0.15) is 0 Å². The highest BCUT2D eigenvalue weighted by atomic mass is 16.1. The van der Waals surface area contributed by atoms with Crippen molar-refractivity contribution in [2.24, 2.45) is 5.92 Å². The fourth-order valence-electron chi connectivity index (χ4n) is 2.05. The van der Waals surface area contributed by atoms with Crippen molar-refractivity contribution in [3.8, 4) is 0 Å². The van der Waals surface area contributed by atoms with E-state index in [9.17, 15) is 4.79 Å². The number of amides is 1. The Morgan fingerprint density at radius 2 is 2.29 bits per heavy atom. The summed E-state index contributed by atoms with van der Waals surface area (Å²) in [7, 11) is 1.83. The maximum Gasteiger partial charge on any atom is 0.270 e. The number of anilines is 1.